The van der Waals surface area contributed by atoms with Gasteiger partial charge in [-0.25, -0.2) is 0 Å². The molecule has 0 unspecified atom stereocenters. The van der Waals surface area contributed by atoms with Crippen LogP contribution in [0.15, 0.2) is 24.3 Å². The summed E-state index contributed by atoms with van der Waals surface area (Å²) in [6.07, 6.45) is 0. The fourth-order valence-electron chi connectivity index (χ4n) is 1.86. The molecule has 0 amide bonds. The van der Waals surface area contributed by atoms with Gasteiger partial charge in [-0.15, -0.1) is 0 Å². The molecule has 1 rings (SSSR count). The molecule has 0 radical (unpaired) electrons. The molecule has 0 aromatic heterocycles. The first kappa shape index (κ1) is 17.5. The Kier molecular flexibility index (Phi) is 9.30. The Balaban J connectivity index is 2.36. The summed E-state index contributed by atoms with van der Waals surface area (Å²) in [5.74, 6) is 6.31. The Morgan fingerprint density at radius 2 is 2.00 bits per heavy atom. The van der Waals surface area contributed by atoms with E-state index in [0.29, 0.717) is 6.61 Å². The standard InChI is InChI=1S/C17H25NO3/c1-3-18(10-13-20-4-2)11-14-21-17-9-5-7-16(15-17)8-6-12-19/h5,7,9,15,19H,3-4,10-14H2,1-2H3. The molecule has 21 heavy (non-hydrogen) atoms. The lowest BCUT2D eigenvalue weighted by Crippen LogP contribution is -2.31. The van der Waals surface area contributed by atoms with Crippen LogP contribution in [0, 0.1) is 11.8 Å². The van der Waals surface area contributed by atoms with Crippen LogP contribution in [-0.4, -0.2) is 56.1 Å². The second kappa shape index (κ2) is 11.2. The van der Waals surface area contributed by atoms with Crippen molar-refractivity contribution in [1.82, 2.24) is 4.90 Å². The number of aliphatic hydroxyl groups excluding tert-OH is 1. The topological polar surface area (TPSA) is 41.9 Å². The predicted molar refractivity (Wildman–Crippen MR) is 84.5 cm³/mol. The maximum atomic E-state index is 8.69. The smallest absolute Gasteiger partial charge is 0.120 e. The molecular weight excluding hydrogens is 266 g/mol. The van der Waals surface area contributed by atoms with Crippen LogP contribution in [0.4, 0.5) is 0 Å². The van der Waals surface area contributed by atoms with Crippen LogP contribution in [0.1, 0.15) is 19.4 Å². The first-order valence-corrected chi connectivity index (χ1v) is 7.42. The van der Waals surface area contributed by atoms with Crippen molar-refractivity contribution in [2.75, 3.05) is 46.1 Å². The van der Waals surface area contributed by atoms with Crippen LogP contribution in [0.2, 0.25) is 0 Å². The van der Waals surface area contributed by atoms with E-state index in [1.165, 1.54) is 0 Å². The van der Waals surface area contributed by atoms with Gasteiger partial charge in [-0.2, -0.15) is 0 Å². The van der Waals surface area contributed by atoms with Gasteiger partial charge in [-0.05, 0) is 31.7 Å². The van der Waals surface area contributed by atoms with Crippen molar-refractivity contribution in [2.45, 2.75) is 13.8 Å². The van der Waals surface area contributed by atoms with E-state index in [0.717, 1.165) is 44.2 Å². The van der Waals surface area contributed by atoms with E-state index in [4.69, 9.17) is 14.6 Å². The van der Waals surface area contributed by atoms with E-state index >= 15 is 0 Å². The zero-order valence-electron chi connectivity index (χ0n) is 13.0. The van der Waals surface area contributed by atoms with Crippen molar-refractivity contribution >= 4 is 0 Å². The molecule has 0 heterocycles. The maximum Gasteiger partial charge on any atom is 0.120 e. The Bertz CT molecular complexity index is 451. The molecule has 0 fully saturated rings. The summed E-state index contributed by atoms with van der Waals surface area (Å²) in [6.45, 7) is 8.95. The number of nitrogens with zero attached hydrogens (tertiary/aromatic N) is 1. The average molecular weight is 291 g/mol. The van der Waals surface area contributed by atoms with Crippen molar-refractivity contribution in [1.29, 1.82) is 0 Å². The van der Waals surface area contributed by atoms with Crippen molar-refractivity contribution in [2.24, 2.45) is 0 Å². The van der Waals surface area contributed by atoms with Gasteiger partial charge in [0.15, 0.2) is 0 Å². The van der Waals surface area contributed by atoms with Crippen LogP contribution in [0.3, 0.4) is 0 Å². The monoisotopic (exact) mass is 291 g/mol. The Hall–Kier alpha value is -1.54. The van der Waals surface area contributed by atoms with E-state index in [1.807, 2.05) is 31.2 Å². The highest BCUT2D eigenvalue weighted by molar-refractivity contribution is 5.39. The lowest BCUT2D eigenvalue weighted by atomic mass is 10.2. The number of hydrogen-bond donors (Lipinski definition) is 1. The second-order valence-corrected chi connectivity index (χ2v) is 4.47. The molecule has 0 atom stereocenters. The van der Waals surface area contributed by atoms with E-state index < -0.39 is 0 Å². The molecule has 116 valence electrons. The summed E-state index contributed by atoms with van der Waals surface area (Å²) in [6, 6.07) is 7.61. The number of ether oxygens (including phenoxy) is 2. The number of rotatable bonds is 9. The SMILES string of the molecule is CCOCCN(CC)CCOc1cccc(C#CCO)c1. The average Bonchev–Trinajstić information content (AvgIpc) is 2.52. The number of hydrogen-bond acceptors (Lipinski definition) is 4. The molecule has 1 aromatic rings. The highest BCUT2D eigenvalue weighted by Crippen LogP contribution is 2.12. The number of aliphatic hydroxyl groups is 1. The van der Waals surface area contributed by atoms with Crippen molar-refractivity contribution in [3.05, 3.63) is 29.8 Å². The molecule has 0 spiro atoms. The molecule has 1 aromatic carbocycles. The van der Waals surface area contributed by atoms with Crippen LogP contribution in [-0.2, 0) is 4.74 Å². The van der Waals surface area contributed by atoms with Crippen molar-refractivity contribution in [3.8, 4) is 17.6 Å². The third-order valence-electron chi connectivity index (χ3n) is 3.03. The van der Waals surface area contributed by atoms with Crippen molar-refractivity contribution in [3.63, 3.8) is 0 Å². The molecular formula is C17H25NO3. The highest BCUT2D eigenvalue weighted by atomic mass is 16.5. The molecule has 0 aliphatic heterocycles. The van der Waals surface area contributed by atoms with Crippen LogP contribution < -0.4 is 4.74 Å². The van der Waals surface area contributed by atoms with Crippen LogP contribution in [0.5, 0.6) is 5.75 Å². The third kappa shape index (κ3) is 7.72. The van der Waals surface area contributed by atoms with Gasteiger partial charge in [0.05, 0.1) is 6.61 Å². The summed E-state index contributed by atoms with van der Waals surface area (Å²) >= 11 is 0. The minimum atomic E-state index is -0.129. The van der Waals surface area contributed by atoms with E-state index in [-0.39, 0.29) is 6.61 Å². The lowest BCUT2D eigenvalue weighted by Gasteiger charge is -2.20. The normalized spacial score (nSPS) is 10.3. The van der Waals surface area contributed by atoms with E-state index in [9.17, 15) is 0 Å². The molecule has 0 bridgehead atoms. The van der Waals surface area contributed by atoms with Crippen LogP contribution in [0.25, 0.3) is 0 Å². The van der Waals surface area contributed by atoms with Gasteiger partial charge < -0.3 is 14.6 Å². The molecule has 4 nitrogen and oxygen atoms in total. The summed E-state index contributed by atoms with van der Waals surface area (Å²) in [5, 5.41) is 8.69. The van der Waals surface area contributed by atoms with Crippen LogP contribution >= 0.6 is 0 Å². The first-order valence-electron chi connectivity index (χ1n) is 7.42. The first-order chi connectivity index (χ1) is 10.3. The molecule has 4 heteroatoms. The van der Waals surface area contributed by atoms with Gasteiger partial charge in [0.2, 0.25) is 0 Å². The molecule has 0 aliphatic rings. The number of likely N-dealkylation sites (N-methyl/N-ethyl adjacent to an activating group) is 1. The fourth-order valence-corrected chi connectivity index (χ4v) is 1.86. The second-order valence-electron chi connectivity index (χ2n) is 4.47. The minimum absolute atomic E-state index is 0.129. The van der Waals surface area contributed by atoms with E-state index in [1.54, 1.807) is 0 Å². The summed E-state index contributed by atoms with van der Waals surface area (Å²) in [5.41, 5.74) is 0.852. The van der Waals surface area contributed by atoms with Gasteiger partial charge in [-0.1, -0.05) is 24.8 Å². The number of benzene rings is 1. The van der Waals surface area contributed by atoms with Gasteiger partial charge >= 0.3 is 0 Å². The zero-order chi connectivity index (χ0) is 15.3. The highest BCUT2D eigenvalue weighted by Gasteiger charge is 2.02. The summed E-state index contributed by atoms with van der Waals surface area (Å²) < 4.78 is 11.1. The molecule has 0 saturated heterocycles. The minimum Gasteiger partial charge on any atom is -0.492 e. The Labute approximate surface area is 127 Å². The predicted octanol–water partition coefficient (Wildman–Crippen LogP) is 1.77. The molecule has 1 N–H and O–H groups in total. The molecule has 0 saturated carbocycles. The molecule has 0 aliphatic carbocycles. The van der Waals surface area contributed by atoms with Gasteiger partial charge in [0, 0.05) is 25.3 Å². The fraction of sp³-hybridized carbons (Fsp3) is 0.529. The largest absolute Gasteiger partial charge is 0.492 e. The summed E-state index contributed by atoms with van der Waals surface area (Å²) in [4.78, 5) is 2.30. The zero-order valence-corrected chi connectivity index (χ0v) is 13.0. The van der Waals surface area contributed by atoms with Crippen molar-refractivity contribution < 1.29 is 14.6 Å². The Morgan fingerprint density at radius 3 is 2.71 bits per heavy atom. The Morgan fingerprint density at radius 1 is 1.19 bits per heavy atom. The quantitative estimate of drug-likeness (QED) is 0.556. The third-order valence-corrected chi connectivity index (χ3v) is 3.03. The maximum absolute atomic E-state index is 8.69. The van der Waals surface area contributed by atoms with E-state index in [2.05, 4.69) is 23.7 Å². The summed E-state index contributed by atoms with van der Waals surface area (Å²) in [7, 11) is 0. The van der Waals surface area contributed by atoms with Gasteiger partial charge in [0.25, 0.3) is 0 Å². The lowest BCUT2D eigenvalue weighted by molar-refractivity contribution is 0.108. The van der Waals surface area contributed by atoms with Gasteiger partial charge in [0.1, 0.15) is 19.0 Å². The van der Waals surface area contributed by atoms with Gasteiger partial charge in [-0.3, -0.25) is 4.90 Å².